The van der Waals surface area contributed by atoms with Crippen LogP contribution in [0.25, 0.3) is 0 Å². The van der Waals surface area contributed by atoms with Gasteiger partial charge in [0.2, 0.25) is 0 Å². The molecule has 1 aliphatic rings. The average molecular weight is 355 g/mol. The molecule has 0 saturated carbocycles. The van der Waals surface area contributed by atoms with Crippen molar-refractivity contribution in [2.24, 2.45) is 5.92 Å². The van der Waals surface area contributed by atoms with E-state index in [4.69, 9.17) is 14.2 Å². The van der Waals surface area contributed by atoms with Crippen LogP contribution < -0.4 is 9.47 Å². The molecule has 0 saturated heterocycles. The van der Waals surface area contributed by atoms with Crippen LogP contribution in [0, 0.1) is 5.92 Å². The number of ether oxygens (including phenoxy) is 3. The summed E-state index contributed by atoms with van der Waals surface area (Å²) in [7, 11) is 1.43. The summed E-state index contributed by atoms with van der Waals surface area (Å²) < 4.78 is 16.4. The highest BCUT2D eigenvalue weighted by molar-refractivity contribution is 5.72. The van der Waals surface area contributed by atoms with Gasteiger partial charge in [-0.3, -0.25) is 9.69 Å². The summed E-state index contributed by atoms with van der Waals surface area (Å²) in [6, 6.07) is 16.2. The number of hydrogen-bond acceptors (Lipinski definition) is 5. The fraction of sp³-hybridized carbons (Fsp3) is 0.381. The Morgan fingerprint density at radius 3 is 2.62 bits per heavy atom. The molecule has 0 aliphatic carbocycles. The van der Waals surface area contributed by atoms with Crippen LogP contribution in [-0.4, -0.2) is 37.7 Å². The van der Waals surface area contributed by atoms with E-state index >= 15 is 0 Å². The average Bonchev–Trinajstić information content (AvgIpc) is 2.68. The van der Waals surface area contributed by atoms with Gasteiger partial charge in [0.25, 0.3) is 0 Å². The van der Waals surface area contributed by atoms with Gasteiger partial charge in [-0.2, -0.15) is 0 Å². The minimum absolute atomic E-state index is 0.197. The number of methoxy groups -OCH3 is 1. The first-order chi connectivity index (χ1) is 12.7. The smallest absolute Gasteiger partial charge is 0.309 e. The van der Waals surface area contributed by atoms with Gasteiger partial charge in [-0.15, -0.1) is 0 Å². The molecular weight excluding hydrogens is 330 g/mol. The Morgan fingerprint density at radius 1 is 1.08 bits per heavy atom. The molecule has 0 N–H and O–H groups in total. The van der Waals surface area contributed by atoms with E-state index < -0.39 is 0 Å². The summed E-state index contributed by atoms with van der Waals surface area (Å²) in [4.78, 5) is 14.1. The van der Waals surface area contributed by atoms with Crippen molar-refractivity contribution in [2.45, 2.75) is 20.0 Å². The summed E-state index contributed by atoms with van der Waals surface area (Å²) in [5.74, 6) is 1.19. The normalized spacial score (nSPS) is 14.1. The van der Waals surface area contributed by atoms with E-state index in [0.717, 1.165) is 23.6 Å². The Kier molecular flexibility index (Phi) is 6.12. The molecule has 5 heteroatoms. The summed E-state index contributed by atoms with van der Waals surface area (Å²) in [6.45, 7) is 5.04. The predicted octanol–water partition coefficient (Wildman–Crippen LogP) is 3.27. The van der Waals surface area contributed by atoms with Crippen LogP contribution in [0.2, 0.25) is 0 Å². The quantitative estimate of drug-likeness (QED) is 0.714. The Balaban J connectivity index is 1.80. The summed E-state index contributed by atoms with van der Waals surface area (Å²) in [5, 5.41) is 0. The first-order valence-corrected chi connectivity index (χ1v) is 8.89. The second-order valence-corrected chi connectivity index (χ2v) is 6.52. The lowest BCUT2D eigenvalue weighted by atomic mass is 10.1. The topological polar surface area (TPSA) is 48.0 Å². The number of para-hydroxylation sites is 1. The van der Waals surface area contributed by atoms with Crippen molar-refractivity contribution in [3.05, 3.63) is 59.7 Å². The van der Waals surface area contributed by atoms with Crippen molar-refractivity contribution in [1.29, 1.82) is 0 Å². The number of fused-ring (bicyclic) bond motifs is 1. The largest absolute Gasteiger partial charge is 0.486 e. The number of esters is 1. The van der Waals surface area contributed by atoms with Crippen LogP contribution in [-0.2, 0) is 22.6 Å². The molecule has 1 aliphatic heterocycles. The Bertz CT molecular complexity index is 732. The number of nitrogens with zero attached hydrogens (tertiary/aromatic N) is 1. The molecule has 1 heterocycles. The highest BCUT2D eigenvalue weighted by Crippen LogP contribution is 2.34. The molecular formula is C21H25NO4. The fourth-order valence-corrected chi connectivity index (χ4v) is 3.19. The lowest BCUT2D eigenvalue weighted by Crippen LogP contribution is -2.32. The first kappa shape index (κ1) is 18.3. The maximum Gasteiger partial charge on any atom is 0.309 e. The number of hydrogen-bond donors (Lipinski definition) is 0. The molecule has 0 aromatic heterocycles. The minimum Gasteiger partial charge on any atom is -0.486 e. The zero-order valence-corrected chi connectivity index (χ0v) is 15.3. The van der Waals surface area contributed by atoms with Crippen LogP contribution in [0.4, 0.5) is 0 Å². The molecule has 0 amide bonds. The van der Waals surface area contributed by atoms with Crippen LogP contribution in [0.5, 0.6) is 11.5 Å². The molecule has 0 unspecified atom stereocenters. The van der Waals surface area contributed by atoms with E-state index in [9.17, 15) is 4.79 Å². The van der Waals surface area contributed by atoms with E-state index in [0.29, 0.717) is 26.3 Å². The molecule has 0 bridgehead atoms. The molecule has 0 fully saturated rings. The van der Waals surface area contributed by atoms with Gasteiger partial charge in [-0.25, -0.2) is 0 Å². The van der Waals surface area contributed by atoms with Gasteiger partial charge in [0.05, 0.1) is 13.0 Å². The van der Waals surface area contributed by atoms with Crippen molar-refractivity contribution in [1.82, 2.24) is 4.90 Å². The predicted molar refractivity (Wildman–Crippen MR) is 99.2 cm³/mol. The van der Waals surface area contributed by atoms with Crippen molar-refractivity contribution in [2.75, 3.05) is 26.9 Å². The first-order valence-electron chi connectivity index (χ1n) is 8.89. The molecule has 138 valence electrons. The third-order valence-corrected chi connectivity index (χ3v) is 4.43. The Labute approximate surface area is 154 Å². The number of benzene rings is 2. The van der Waals surface area contributed by atoms with E-state index in [1.165, 1.54) is 12.7 Å². The summed E-state index contributed by atoms with van der Waals surface area (Å²) in [5.41, 5.74) is 2.27. The van der Waals surface area contributed by atoms with Crippen LogP contribution >= 0.6 is 0 Å². The van der Waals surface area contributed by atoms with E-state index in [1.54, 1.807) is 0 Å². The van der Waals surface area contributed by atoms with Gasteiger partial charge in [0.15, 0.2) is 11.5 Å². The van der Waals surface area contributed by atoms with Crippen LogP contribution in [0.1, 0.15) is 18.1 Å². The van der Waals surface area contributed by atoms with Gasteiger partial charge >= 0.3 is 5.97 Å². The lowest BCUT2D eigenvalue weighted by molar-refractivity contribution is -0.145. The van der Waals surface area contributed by atoms with E-state index in [1.807, 2.05) is 43.3 Å². The van der Waals surface area contributed by atoms with Crippen molar-refractivity contribution >= 4 is 5.97 Å². The monoisotopic (exact) mass is 355 g/mol. The van der Waals surface area contributed by atoms with Gasteiger partial charge in [-0.05, 0) is 11.6 Å². The third kappa shape index (κ3) is 4.55. The van der Waals surface area contributed by atoms with Gasteiger partial charge in [0.1, 0.15) is 13.2 Å². The molecule has 3 rings (SSSR count). The molecule has 26 heavy (non-hydrogen) atoms. The molecule has 1 atom stereocenters. The zero-order chi connectivity index (χ0) is 18.4. The van der Waals surface area contributed by atoms with E-state index in [-0.39, 0.29) is 11.9 Å². The summed E-state index contributed by atoms with van der Waals surface area (Å²) in [6.07, 6.45) is 0. The maximum atomic E-state index is 11.9. The SMILES string of the molecule is COC(=O)[C@@H](C)CN(Cc1ccccc1)Cc1cccc2c1OCCO2. The van der Waals surface area contributed by atoms with Gasteiger partial charge < -0.3 is 14.2 Å². The zero-order valence-electron chi connectivity index (χ0n) is 15.3. The van der Waals surface area contributed by atoms with Crippen molar-refractivity contribution < 1.29 is 19.0 Å². The third-order valence-electron chi connectivity index (χ3n) is 4.43. The van der Waals surface area contributed by atoms with Crippen molar-refractivity contribution in [3.8, 4) is 11.5 Å². The number of carbonyl (C=O) groups excluding carboxylic acids is 1. The van der Waals surface area contributed by atoms with Gasteiger partial charge in [0, 0.05) is 25.2 Å². The molecule has 0 radical (unpaired) electrons. The number of rotatable bonds is 7. The second kappa shape index (κ2) is 8.72. The molecule has 2 aromatic carbocycles. The highest BCUT2D eigenvalue weighted by Gasteiger charge is 2.21. The standard InChI is InChI=1S/C21H25NO4/c1-16(21(23)24-2)13-22(14-17-7-4-3-5-8-17)15-18-9-6-10-19-20(18)26-12-11-25-19/h3-10,16H,11-15H2,1-2H3/t16-/m0/s1. The Morgan fingerprint density at radius 2 is 1.85 bits per heavy atom. The minimum atomic E-state index is -0.208. The second-order valence-electron chi connectivity index (χ2n) is 6.52. The fourth-order valence-electron chi connectivity index (χ4n) is 3.19. The molecule has 0 spiro atoms. The summed E-state index contributed by atoms with van der Waals surface area (Å²) >= 11 is 0. The number of carbonyl (C=O) groups is 1. The van der Waals surface area contributed by atoms with Crippen LogP contribution in [0.15, 0.2) is 48.5 Å². The molecule has 2 aromatic rings. The highest BCUT2D eigenvalue weighted by atomic mass is 16.6. The van der Waals surface area contributed by atoms with Gasteiger partial charge in [-0.1, -0.05) is 49.4 Å². The maximum absolute atomic E-state index is 11.9. The lowest BCUT2D eigenvalue weighted by Gasteiger charge is -2.27. The van der Waals surface area contributed by atoms with Crippen LogP contribution in [0.3, 0.4) is 0 Å². The van der Waals surface area contributed by atoms with Crippen molar-refractivity contribution in [3.63, 3.8) is 0 Å². The Hall–Kier alpha value is -2.53. The molecule has 5 nitrogen and oxygen atoms in total. The van der Waals surface area contributed by atoms with E-state index in [2.05, 4.69) is 17.0 Å².